The van der Waals surface area contributed by atoms with Crippen molar-refractivity contribution in [3.05, 3.63) is 314 Å². The Hall–Kier alpha value is -10.9. The second kappa shape index (κ2) is 22.2. The molecule has 452 valence electrons. The molecule has 0 N–H and O–H groups in total. The van der Waals surface area contributed by atoms with Crippen molar-refractivity contribution in [1.29, 1.82) is 0 Å². The highest BCUT2D eigenvalue weighted by Gasteiger charge is 2.46. The van der Waals surface area contributed by atoms with Crippen molar-refractivity contribution in [3.8, 4) is 16.8 Å². The number of anilines is 12. The molecule has 2 aromatic heterocycles. The Labute approximate surface area is 555 Å². The van der Waals surface area contributed by atoms with Crippen LogP contribution >= 0.6 is 11.3 Å². The third-order valence-corrected chi connectivity index (χ3v) is 20.7. The van der Waals surface area contributed by atoms with Crippen molar-refractivity contribution >= 4 is 145 Å². The van der Waals surface area contributed by atoms with E-state index in [0.29, 0.717) is 0 Å². The van der Waals surface area contributed by atoms with Gasteiger partial charge in [-0.25, -0.2) is 0 Å². The van der Waals surface area contributed by atoms with E-state index >= 15 is 0 Å². The maximum atomic E-state index is 2.65. The molecule has 0 spiro atoms. The molecule has 17 rings (SSSR count). The third-order valence-electron chi connectivity index (χ3n) is 19.4. The standard InChI is InChI=1S/C87H70BN5S/c1-57-51-80-83-81(52-57)93(78-49-47-67(55-73(78)70-38-23-26-58-25-17-18-35-69(58)70)91-76-39-21-19-36-71(76)72-37-20-22-40-77(72)91)79-56-68(90(63-31-15-10-16-32-63)66-34-24-33-65(54-66)89(61-27-11-8-12-28-61)62-29-13-9-14-30-62)46-48-75(79)88(83)85-84(74-53-60(87(5,6)7)43-50-82(74)94-85)92(80)64-44-41-59(42-45-64)86(2,3)4/h8-56H,1-7H3. The summed E-state index contributed by atoms with van der Waals surface area (Å²) in [5, 5.41) is 6.15. The molecule has 0 fully saturated rings. The summed E-state index contributed by atoms with van der Waals surface area (Å²) in [6, 6.07) is 111. The van der Waals surface area contributed by atoms with Crippen LogP contribution in [0.15, 0.2) is 297 Å². The molecular formula is C87H70BN5S. The molecule has 2 aliphatic heterocycles. The van der Waals surface area contributed by atoms with Crippen LogP contribution in [0.1, 0.15) is 58.2 Å². The van der Waals surface area contributed by atoms with Crippen LogP contribution in [-0.2, 0) is 10.8 Å². The van der Waals surface area contributed by atoms with Gasteiger partial charge in [0.2, 0.25) is 0 Å². The minimum Gasteiger partial charge on any atom is -0.311 e. The summed E-state index contributed by atoms with van der Waals surface area (Å²) in [7, 11) is 0. The molecule has 0 saturated carbocycles. The Bertz CT molecular complexity index is 5350. The molecular weight excluding hydrogens is 1160 g/mol. The van der Waals surface area contributed by atoms with Gasteiger partial charge in [-0.2, -0.15) is 0 Å². The lowest BCUT2D eigenvalue weighted by Crippen LogP contribution is -2.60. The number of hydrogen-bond acceptors (Lipinski definition) is 5. The molecule has 0 amide bonds. The van der Waals surface area contributed by atoms with E-state index in [9.17, 15) is 0 Å². The van der Waals surface area contributed by atoms with E-state index in [1.165, 1.54) is 97.7 Å². The molecule has 0 radical (unpaired) electrons. The molecule has 15 aromatic rings. The first-order chi connectivity index (χ1) is 45.8. The minimum atomic E-state index is -0.113. The number of benzene rings is 13. The molecule has 0 bridgehead atoms. The van der Waals surface area contributed by atoms with Crippen LogP contribution in [0.2, 0.25) is 0 Å². The molecule has 13 aromatic carbocycles. The first-order valence-electron chi connectivity index (χ1n) is 32.8. The third kappa shape index (κ3) is 9.43. The first-order valence-corrected chi connectivity index (χ1v) is 33.7. The summed E-state index contributed by atoms with van der Waals surface area (Å²) in [6.45, 7) is 16.1. The molecule has 0 aliphatic carbocycles. The highest BCUT2D eigenvalue weighted by molar-refractivity contribution is 7.33. The second-order valence-electron chi connectivity index (χ2n) is 27.4. The quantitative estimate of drug-likeness (QED) is 0.127. The van der Waals surface area contributed by atoms with Gasteiger partial charge in [-0.15, -0.1) is 11.3 Å². The topological polar surface area (TPSA) is 17.9 Å². The number of aromatic nitrogens is 1. The van der Waals surface area contributed by atoms with Crippen LogP contribution in [0.3, 0.4) is 0 Å². The maximum Gasteiger partial charge on any atom is 0.264 e. The molecule has 4 heterocycles. The fraction of sp³-hybridized carbons (Fsp3) is 0.103. The molecule has 5 nitrogen and oxygen atoms in total. The number of hydrogen-bond donors (Lipinski definition) is 0. The van der Waals surface area contributed by atoms with Gasteiger partial charge in [0.25, 0.3) is 6.71 Å². The number of aryl methyl sites for hydroxylation is 1. The van der Waals surface area contributed by atoms with E-state index < -0.39 is 0 Å². The normalized spacial score (nSPS) is 12.8. The van der Waals surface area contributed by atoms with Crippen molar-refractivity contribution in [2.24, 2.45) is 0 Å². The van der Waals surface area contributed by atoms with Crippen LogP contribution in [-0.4, -0.2) is 11.3 Å². The lowest BCUT2D eigenvalue weighted by atomic mass is 9.36. The number of thiophene rings is 1. The molecule has 2 aliphatic rings. The van der Waals surface area contributed by atoms with Crippen LogP contribution < -0.4 is 35.3 Å². The SMILES string of the molecule is Cc1cc2c3c(c1)N(c1ccc(C(C)(C)C)cc1)c1c(sc4ccc(C(C)(C)C)cc14)B3c1ccc(N(c3ccccc3)c3cccc(N(c4ccccc4)c4ccccc4)c3)cc1N2c1ccc(-n2c3ccccc3c3ccccc32)cc1-c1cccc2ccccc12. The van der Waals surface area contributed by atoms with Crippen molar-refractivity contribution in [1.82, 2.24) is 4.57 Å². The fourth-order valence-corrected chi connectivity index (χ4v) is 16.3. The van der Waals surface area contributed by atoms with Gasteiger partial charge in [0.1, 0.15) is 0 Å². The largest absolute Gasteiger partial charge is 0.311 e. The number of para-hydroxylation sites is 5. The molecule has 0 unspecified atom stereocenters. The fourth-order valence-electron chi connectivity index (χ4n) is 15.0. The lowest BCUT2D eigenvalue weighted by molar-refractivity contribution is 0.590. The van der Waals surface area contributed by atoms with Crippen molar-refractivity contribution in [2.45, 2.75) is 59.3 Å². The van der Waals surface area contributed by atoms with E-state index in [0.717, 1.165) is 62.4 Å². The number of nitrogens with zero attached hydrogens (tertiary/aromatic N) is 5. The smallest absolute Gasteiger partial charge is 0.264 e. The Morgan fingerprint density at radius 2 is 0.862 bits per heavy atom. The summed E-state index contributed by atoms with van der Waals surface area (Å²) in [6.07, 6.45) is 0. The van der Waals surface area contributed by atoms with Crippen LogP contribution in [0.5, 0.6) is 0 Å². The van der Waals surface area contributed by atoms with E-state index in [2.05, 4.69) is 370 Å². The van der Waals surface area contributed by atoms with Gasteiger partial charge in [0.05, 0.1) is 22.4 Å². The van der Waals surface area contributed by atoms with Gasteiger partial charge in [0, 0.05) is 93.8 Å². The van der Waals surface area contributed by atoms with E-state index in [-0.39, 0.29) is 17.5 Å². The molecule has 0 atom stereocenters. The van der Waals surface area contributed by atoms with Crippen LogP contribution in [0, 0.1) is 6.92 Å². The van der Waals surface area contributed by atoms with E-state index in [1.807, 2.05) is 11.3 Å². The van der Waals surface area contributed by atoms with Gasteiger partial charge in [-0.3, -0.25) is 0 Å². The van der Waals surface area contributed by atoms with Crippen molar-refractivity contribution in [2.75, 3.05) is 19.6 Å². The summed E-state index contributed by atoms with van der Waals surface area (Å²) in [5.74, 6) is 0. The first kappa shape index (κ1) is 57.1. The molecule has 7 heteroatoms. The van der Waals surface area contributed by atoms with Crippen LogP contribution in [0.4, 0.5) is 68.2 Å². The van der Waals surface area contributed by atoms with Crippen molar-refractivity contribution < 1.29 is 0 Å². The van der Waals surface area contributed by atoms with Crippen LogP contribution in [0.25, 0.3) is 59.5 Å². The summed E-state index contributed by atoms with van der Waals surface area (Å²) < 4.78 is 5.10. The van der Waals surface area contributed by atoms with Gasteiger partial charge in [-0.05, 0) is 195 Å². The molecule has 94 heavy (non-hydrogen) atoms. The Balaban J connectivity index is 0.966. The predicted molar refractivity (Wildman–Crippen MR) is 405 cm³/mol. The minimum absolute atomic E-state index is 0.0125. The predicted octanol–water partition coefficient (Wildman–Crippen LogP) is 22.7. The zero-order valence-electron chi connectivity index (χ0n) is 54.0. The average molecular weight is 1230 g/mol. The van der Waals surface area contributed by atoms with Gasteiger partial charge < -0.3 is 24.2 Å². The monoisotopic (exact) mass is 1230 g/mol. The Morgan fingerprint density at radius 3 is 1.49 bits per heavy atom. The number of fused-ring (bicyclic) bond motifs is 10. The Morgan fingerprint density at radius 1 is 0.351 bits per heavy atom. The van der Waals surface area contributed by atoms with E-state index in [4.69, 9.17) is 0 Å². The lowest BCUT2D eigenvalue weighted by Gasteiger charge is -2.44. The Kier molecular flexibility index (Phi) is 13.5. The highest BCUT2D eigenvalue weighted by atomic mass is 32.1. The molecule has 0 saturated heterocycles. The van der Waals surface area contributed by atoms with Gasteiger partial charge in [-0.1, -0.05) is 205 Å². The van der Waals surface area contributed by atoms with Gasteiger partial charge in [0.15, 0.2) is 0 Å². The second-order valence-corrected chi connectivity index (χ2v) is 28.5. The zero-order chi connectivity index (χ0) is 63.6. The highest BCUT2D eigenvalue weighted by Crippen LogP contribution is 2.53. The zero-order valence-corrected chi connectivity index (χ0v) is 54.8. The number of rotatable bonds is 10. The van der Waals surface area contributed by atoms with Gasteiger partial charge >= 0.3 is 0 Å². The summed E-state index contributed by atoms with van der Waals surface area (Å²) >= 11 is 1.96. The maximum absolute atomic E-state index is 2.65. The summed E-state index contributed by atoms with van der Waals surface area (Å²) in [4.78, 5) is 10.1. The summed E-state index contributed by atoms with van der Waals surface area (Å²) in [5.41, 5.74) is 25.5. The van der Waals surface area contributed by atoms with Crippen molar-refractivity contribution in [3.63, 3.8) is 0 Å². The average Bonchev–Trinajstić information content (AvgIpc) is 1.23. The van der Waals surface area contributed by atoms with E-state index in [1.54, 1.807) is 0 Å².